The Kier molecular flexibility index (Phi) is 4.75. The van der Waals surface area contributed by atoms with E-state index in [0.29, 0.717) is 16.5 Å². The van der Waals surface area contributed by atoms with Crippen LogP contribution >= 0.6 is 23.2 Å². The summed E-state index contributed by atoms with van der Waals surface area (Å²) in [5, 5.41) is 3.80. The van der Waals surface area contributed by atoms with E-state index in [-0.39, 0.29) is 11.4 Å². The van der Waals surface area contributed by atoms with Gasteiger partial charge in [0.25, 0.3) is 5.91 Å². The summed E-state index contributed by atoms with van der Waals surface area (Å²) < 4.78 is 0. The lowest BCUT2D eigenvalue weighted by Crippen LogP contribution is -2.51. The third-order valence-electron chi connectivity index (χ3n) is 3.88. The van der Waals surface area contributed by atoms with Gasteiger partial charge in [-0.2, -0.15) is 0 Å². The number of hydrogen-bond acceptors (Lipinski definition) is 1. The Labute approximate surface area is 124 Å². The second kappa shape index (κ2) is 6.15. The molecule has 0 bridgehead atoms. The lowest BCUT2D eigenvalue weighted by atomic mass is 9.83. The Bertz CT molecular complexity index is 467. The van der Waals surface area contributed by atoms with Crippen LogP contribution in [0.5, 0.6) is 0 Å². The molecule has 104 valence electrons. The maximum atomic E-state index is 12.4. The van der Waals surface area contributed by atoms with E-state index in [1.165, 1.54) is 6.42 Å². The predicted molar refractivity (Wildman–Crippen MR) is 80.2 cm³/mol. The fourth-order valence-corrected chi connectivity index (χ4v) is 3.27. The molecule has 0 atom stereocenters. The van der Waals surface area contributed by atoms with Gasteiger partial charge in [-0.3, -0.25) is 4.79 Å². The summed E-state index contributed by atoms with van der Waals surface area (Å²) in [6, 6.07) is 5.33. The number of carbonyl (C=O) groups is 1. The van der Waals surface area contributed by atoms with Crippen LogP contribution in [0, 0.1) is 6.92 Å². The number of hydrogen-bond donors (Lipinski definition) is 1. The first kappa shape index (κ1) is 14.7. The van der Waals surface area contributed by atoms with Crippen LogP contribution in [0.2, 0.25) is 5.02 Å². The average molecular weight is 300 g/mol. The molecule has 1 N–H and O–H groups in total. The SMILES string of the molecule is Cc1cc(Cl)ccc1C(=O)NC1(CCl)CCCCC1. The molecule has 0 aliphatic heterocycles. The summed E-state index contributed by atoms with van der Waals surface area (Å²) >= 11 is 12.0. The van der Waals surface area contributed by atoms with Crippen LogP contribution < -0.4 is 5.32 Å². The van der Waals surface area contributed by atoms with Crippen LogP contribution in [0.3, 0.4) is 0 Å². The molecule has 1 aliphatic rings. The molecule has 0 unspecified atom stereocenters. The number of aryl methyl sites for hydroxylation is 1. The van der Waals surface area contributed by atoms with Crippen molar-refractivity contribution in [2.75, 3.05) is 5.88 Å². The molecule has 1 aromatic rings. The van der Waals surface area contributed by atoms with Gasteiger partial charge in [-0.25, -0.2) is 0 Å². The minimum absolute atomic E-state index is 0.0447. The highest BCUT2D eigenvalue weighted by molar-refractivity contribution is 6.30. The number of amides is 1. The number of nitrogens with one attached hydrogen (secondary N) is 1. The van der Waals surface area contributed by atoms with Gasteiger partial charge in [0.05, 0.1) is 5.54 Å². The summed E-state index contributed by atoms with van der Waals surface area (Å²) in [5.74, 6) is 0.433. The van der Waals surface area contributed by atoms with Crippen LogP contribution in [-0.2, 0) is 0 Å². The van der Waals surface area contributed by atoms with Crippen molar-refractivity contribution < 1.29 is 4.79 Å². The van der Waals surface area contributed by atoms with Gasteiger partial charge < -0.3 is 5.32 Å². The molecule has 1 aliphatic carbocycles. The molecule has 1 saturated carbocycles. The number of rotatable bonds is 3. The van der Waals surface area contributed by atoms with E-state index < -0.39 is 0 Å². The van der Waals surface area contributed by atoms with Crippen molar-refractivity contribution in [1.82, 2.24) is 5.32 Å². The first-order valence-electron chi connectivity index (χ1n) is 6.71. The van der Waals surface area contributed by atoms with E-state index in [1.54, 1.807) is 12.1 Å². The normalized spacial score (nSPS) is 18.1. The molecule has 4 heteroatoms. The third kappa shape index (κ3) is 3.43. The molecular weight excluding hydrogens is 281 g/mol. The van der Waals surface area contributed by atoms with Crippen LogP contribution in [0.25, 0.3) is 0 Å². The lowest BCUT2D eigenvalue weighted by molar-refractivity contribution is 0.0884. The summed E-state index contributed by atoms with van der Waals surface area (Å²) in [5.41, 5.74) is 1.34. The first-order chi connectivity index (χ1) is 9.06. The van der Waals surface area contributed by atoms with E-state index >= 15 is 0 Å². The Morgan fingerprint density at radius 3 is 2.58 bits per heavy atom. The Balaban J connectivity index is 2.15. The lowest BCUT2D eigenvalue weighted by Gasteiger charge is -2.36. The maximum absolute atomic E-state index is 12.4. The quantitative estimate of drug-likeness (QED) is 0.828. The maximum Gasteiger partial charge on any atom is 0.252 e. The standard InChI is InChI=1S/C15H19Cl2NO/c1-11-9-12(17)5-6-13(11)14(19)18-15(10-16)7-3-2-4-8-15/h5-6,9H,2-4,7-8,10H2,1H3,(H,18,19). The van der Waals surface area contributed by atoms with Gasteiger partial charge in [0.1, 0.15) is 0 Å². The zero-order chi connectivity index (χ0) is 13.9. The second-order valence-electron chi connectivity index (χ2n) is 5.39. The van der Waals surface area contributed by atoms with Crippen LogP contribution in [0.1, 0.15) is 48.0 Å². The van der Waals surface area contributed by atoms with E-state index in [1.807, 2.05) is 13.0 Å². The fraction of sp³-hybridized carbons (Fsp3) is 0.533. The zero-order valence-electron chi connectivity index (χ0n) is 11.1. The molecule has 0 saturated heterocycles. The van der Waals surface area contributed by atoms with Gasteiger partial charge >= 0.3 is 0 Å². The van der Waals surface area contributed by atoms with Crippen molar-refractivity contribution >= 4 is 29.1 Å². The molecule has 1 fully saturated rings. The molecular formula is C15H19Cl2NO. The minimum Gasteiger partial charge on any atom is -0.345 e. The van der Waals surface area contributed by atoms with Crippen molar-refractivity contribution in [2.45, 2.75) is 44.6 Å². The zero-order valence-corrected chi connectivity index (χ0v) is 12.7. The van der Waals surface area contributed by atoms with Gasteiger partial charge in [0, 0.05) is 16.5 Å². The van der Waals surface area contributed by atoms with Crippen molar-refractivity contribution in [3.63, 3.8) is 0 Å². The number of alkyl halides is 1. The van der Waals surface area contributed by atoms with Crippen LogP contribution in [0.15, 0.2) is 18.2 Å². The largest absolute Gasteiger partial charge is 0.345 e. The van der Waals surface area contributed by atoms with Crippen molar-refractivity contribution in [2.24, 2.45) is 0 Å². The molecule has 19 heavy (non-hydrogen) atoms. The fourth-order valence-electron chi connectivity index (χ4n) is 2.71. The van der Waals surface area contributed by atoms with Crippen molar-refractivity contribution in [1.29, 1.82) is 0 Å². The highest BCUT2D eigenvalue weighted by atomic mass is 35.5. The third-order valence-corrected chi connectivity index (χ3v) is 4.62. The second-order valence-corrected chi connectivity index (χ2v) is 6.09. The minimum atomic E-state index is -0.233. The van der Waals surface area contributed by atoms with Gasteiger partial charge in [0.15, 0.2) is 0 Å². The van der Waals surface area contributed by atoms with Gasteiger partial charge in [-0.15, -0.1) is 11.6 Å². The summed E-state index contributed by atoms with van der Waals surface area (Å²) in [7, 11) is 0. The van der Waals surface area contributed by atoms with Gasteiger partial charge in [-0.1, -0.05) is 30.9 Å². The van der Waals surface area contributed by atoms with E-state index in [2.05, 4.69) is 5.32 Å². The topological polar surface area (TPSA) is 29.1 Å². The number of benzene rings is 1. The summed E-state index contributed by atoms with van der Waals surface area (Å²) in [6.45, 7) is 1.90. The summed E-state index contributed by atoms with van der Waals surface area (Å²) in [4.78, 5) is 12.4. The van der Waals surface area contributed by atoms with Crippen LogP contribution in [-0.4, -0.2) is 17.3 Å². The van der Waals surface area contributed by atoms with E-state index in [0.717, 1.165) is 31.2 Å². The monoisotopic (exact) mass is 299 g/mol. The smallest absolute Gasteiger partial charge is 0.252 e. The molecule has 0 aromatic heterocycles. The highest BCUT2D eigenvalue weighted by Crippen LogP contribution is 2.30. The van der Waals surface area contributed by atoms with Crippen molar-refractivity contribution in [3.8, 4) is 0 Å². The average Bonchev–Trinajstić information content (AvgIpc) is 2.39. The number of carbonyl (C=O) groups excluding carboxylic acids is 1. The molecule has 2 rings (SSSR count). The van der Waals surface area contributed by atoms with Crippen molar-refractivity contribution in [3.05, 3.63) is 34.3 Å². The Morgan fingerprint density at radius 1 is 1.32 bits per heavy atom. The molecule has 2 nitrogen and oxygen atoms in total. The molecule has 0 heterocycles. The first-order valence-corrected chi connectivity index (χ1v) is 7.62. The Hall–Kier alpha value is -0.730. The predicted octanol–water partition coefficient (Wildman–Crippen LogP) is 4.32. The molecule has 0 spiro atoms. The molecule has 1 aromatic carbocycles. The van der Waals surface area contributed by atoms with E-state index in [9.17, 15) is 4.79 Å². The Morgan fingerprint density at radius 2 is 2.00 bits per heavy atom. The van der Waals surface area contributed by atoms with Gasteiger partial charge in [-0.05, 0) is 43.5 Å². The number of halogens is 2. The van der Waals surface area contributed by atoms with Gasteiger partial charge in [0.2, 0.25) is 0 Å². The van der Waals surface area contributed by atoms with Crippen LogP contribution in [0.4, 0.5) is 0 Å². The van der Waals surface area contributed by atoms with E-state index in [4.69, 9.17) is 23.2 Å². The summed E-state index contributed by atoms with van der Waals surface area (Å²) in [6.07, 6.45) is 5.43. The highest BCUT2D eigenvalue weighted by Gasteiger charge is 2.33. The molecule has 1 amide bonds. The molecule has 0 radical (unpaired) electrons.